The lowest BCUT2D eigenvalue weighted by atomic mass is 9.96. The first-order valence-corrected chi connectivity index (χ1v) is 10.3. The van der Waals surface area contributed by atoms with Crippen LogP contribution in [0.4, 0.5) is 5.95 Å². The van der Waals surface area contributed by atoms with E-state index in [0.717, 1.165) is 54.5 Å². The number of piperidine rings is 1. The Labute approximate surface area is 171 Å². The highest BCUT2D eigenvalue weighted by Gasteiger charge is 2.26. The van der Waals surface area contributed by atoms with Crippen molar-refractivity contribution in [3.63, 3.8) is 0 Å². The second-order valence-corrected chi connectivity index (χ2v) is 8.35. The molecule has 2 aromatic heterocycles. The molecule has 3 aromatic rings. The predicted molar refractivity (Wildman–Crippen MR) is 114 cm³/mol. The summed E-state index contributed by atoms with van der Waals surface area (Å²) in [7, 11) is 1.90. The van der Waals surface area contributed by atoms with E-state index < -0.39 is 0 Å². The summed E-state index contributed by atoms with van der Waals surface area (Å²) in [4.78, 5) is 24.1. The van der Waals surface area contributed by atoms with Gasteiger partial charge in [-0.15, -0.1) is 0 Å². The van der Waals surface area contributed by atoms with E-state index in [1.54, 1.807) is 10.9 Å². The number of aryl methyl sites for hydroxylation is 1. The molecule has 0 bridgehead atoms. The summed E-state index contributed by atoms with van der Waals surface area (Å²) in [6.07, 6.45) is 7.53. The number of amides is 1. The standard InChI is InChI=1S/C22H28N6O/c1-15(2)12-28-8-4-5-18(14-28)21(29)26-22-23-10-17-7-6-16(9-20(17)25-22)19-11-24-27(3)13-19/h6-7,9-11,13,15,18H,4-5,8,12,14H2,1-3H3,(H,23,25,26,29). The molecule has 1 amide bonds. The van der Waals surface area contributed by atoms with Crippen LogP contribution in [0.1, 0.15) is 26.7 Å². The number of carbonyl (C=O) groups excluding carboxylic acids is 1. The second kappa shape index (κ2) is 8.29. The molecule has 29 heavy (non-hydrogen) atoms. The van der Waals surface area contributed by atoms with Crippen molar-refractivity contribution in [3.05, 3.63) is 36.8 Å². The Morgan fingerprint density at radius 1 is 1.28 bits per heavy atom. The molecule has 1 N–H and O–H groups in total. The van der Waals surface area contributed by atoms with Gasteiger partial charge in [0, 0.05) is 43.5 Å². The quantitative estimate of drug-likeness (QED) is 0.721. The molecule has 1 saturated heterocycles. The smallest absolute Gasteiger partial charge is 0.231 e. The molecule has 1 aliphatic heterocycles. The van der Waals surface area contributed by atoms with Crippen LogP contribution in [0.15, 0.2) is 36.8 Å². The van der Waals surface area contributed by atoms with Crippen LogP contribution in [-0.2, 0) is 11.8 Å². The molecule has 1 fully saturated rings. The molecule has 0 saturated carbocycles. The number of nitrogens with zero attached hydrogens (tertiary/aromatic N) is 5. The van der Waals surface area contributed by atoms with Crippen molar-refractivity contribution < 1.29 is 4.79 Å². The van der Waals surface area contributed by atoms with Crippen molar-refractivity contribution in [2.24, 2.45) is 18.9 Å². The second-order valence-electron chi connectivity index (χ2n) is 8.35. The maximum absolute atomic E-state index is 12.8. The fourth-order valence-electron chi connectivity index (χ4n) is 4.00. The fraction of sp³-hybridized carbons (Fsp3) is 0.455. The van der Waals surface area contributed by atoms with Gasteiger partial charge in [0.1, 0.15) is 0 Å². The molecule has 152 valence electrons. The normalized spacial score (nSPS) is 17.7. The molecule has 7 heteroatoms. The summed E-state index contributed by atoms with van der Waals surface area (Å²) in [5, 5.41) is 8.11. The Morgan fingerprint density at radius 3 is 2.90 bits per heavy atom. The van der Waals surface area contributed by atoms with Crippen LogP contribution in [0.5, 0.6) is 0 Å². The molecule has 1 unspecified atom stereocenters. The number of nitrogens with one attached hydrogen (secondary N) is 1. The van der Waals surface area contributed by atoms with Crippen molar-refractivity contribution >= 4 is 22.8 Å². The summed E-state index contributed by atoms with van der Waals surface area (Å²) in [6.45, 7) is 7.35. The summed E-state index contributed by atoms with van der Waals surface area (Å²) < 4.78 is 1.78. The van der Waals surface area contributed by atoms with Crippen LogP contribution >= 0.6 is 0 Å². The fourth-order valence-corrected chi connectivity index (χ4v) is 4.00. The average Bonchev–Trinajstić information content (AvgIpc) is 3.13. The topological polar surface area (TPSA) is 75.9 Å². The zero-order valence-electron chi connectivity index (χ0n) is 17.3. The number of hydrogen-bond donors (Lipinski definition) is 1. The molecule has 0 aliphatic carbocycles. The number of likely N-dealkylation sites (tertiary alicyclic amines) is 1. The van der Waals surface area contributed by atoms with Gasteiger partial charge in [-0.1, -0.05) is 26.0 Å². The van der Waals surface area contributed by atoms with E-state index in [9.17, 15) is 4.79 Å². The lowest BCUT2D eigenvalue weighted by Gasteiger charge is -2.32. The van der Waals surface area contributed by atoms with Crippen LogP contribution in [0, 0.1) is 11.8 Å². The molecule has 1 aliphatic rings. The maximum Gasteiger partial charge on any atom is 0.231 e. The highest BCUT2D eigenvalue weighted by molar-refractivity contribution is 5.92. The van der Waals surface area contributed by atoms with Gasteiger partial charge in [0.05, 0.1) is 17.6 Å². The highest BCUT2D eigenvalue weighted by Crippen LogP contribution is 2.24. The van der Waals surface area contributed by atoms with Crippen LogP contribution in [0.3, 0.4) is 0 Å². The van der Waals surface area contributed by atoms with Crippen LogP contribution in [0.2, 0.25) is 0 Å². The molecule has 0 radical (unpaired) electrons. The Kier molecular flexibility index (Phi) is 5.58. The van der Waals surface area contributed by atoms with Crippen molar-refractivity contribution in [3.8, 4) is 11.1 Å². The zero-order valence-corrected chi connectivity index (χ0v) is 17.3. The van der Waals surface area contributed by atoms with E-state index in [0.29, 0.717) is 11.9 Å². The highest BCUT2D eigenvalue weighted by atomic mass is 16.2. The Morgan fingerprint density at radius 2 is 2.14 bits per heavy atom. The average molecular weight is 393 g/mol. The van der Waals surface area contributed by atoms with Crippen LogP contribution in [0.25, 0.3) is 22.0 Å². The van der Waals surface area contributed by atoms with Gasteiger partial charge in [0.2, 0.25) is 11.9 Å². The Bertz CT molecular complexity index is 1010. The molecule has 0 spiro atoms. The minimum atomic E-state index is -0.0106. The van der Waals surface area contributed by atoms with Crippen LogP contribution < -0.4 is 5.32 Å². The van der Waals surface area contributed by atoms with E-state index in [4.69, 9.17) is 0 Å². The molecule has 4 rings (SSSR count). The van der Waals surface area contributed by atoms with Gasteiger partial charge < -0.3 is 4.90 Å². The minimum Gasteiger partial charge on any atom is -0.302 e. The first kappa shape index (κ1) is 19.5. The van der Waals surface area contributed by atoms with E-state index >= 15 is 0 Å². The van der Waals surface area contributed by atoms with Crippen molar-refractivity contribution in [1.29, 1.82) is 0 Å². The third-order valence-corrected chi connectivity index (χ3v) is 5.36. The number of aromatic nitrogens is 4. The minimum absolute atomic E-state index is 0.0106. The third kappa shape index (κ3) is 4.62. The third-order valence-electron chi connectivity index (χ3n) is 5.36. The van der Waals surface area contributed by atoms with Gasteiger partial charge in [-0.25, -0.2) is 9.97 Å². The predicted octanol–water partition coefficient (Wildman–Crippen LogP) is 3.34. The van der Waals surface area contributed by atoms with E-state index in [1.807, 2.05) is 37.6 Å². The van der Waals surface area contributed by atoms with Gasteiger partial charge in [0.25, 0.3) is 0 Å². The largest absolute Gasteiger partial charge is 0.302 e. The van der Waals surface area contributed by atoms with Gasteiger partial charge in [0.15, 0.2) is 0 Å². The monoisotopic (exact) mass is 392 g/mol. The number of hydrogen-bond acceptors (Lipinski definition) is 5. The number of carbonyl (C=O) groups is 1. The first-order chi connectivity index (χ1) is 14.0. The first-order valence-electron chi connectivity index (χ1n) is 10.3. The van der Waals surface area contributed by atoms with Gasteiger partial charge >= 0.3 is 0 Å². The summed E-state index contributed by atoms with van der Waals surface area (Å²) in [6, 6.07) is 6.04. The Balaban J connectivity index is 1.49. The molecule has 1 atom stereocenters. The molecule has 3 heterocycles. The number of fused-ring (bicyclic) bond motifs is 1. The number of rotatable bonds is 5. The van der Waals surface area contributed by atoms with E-state index in [2.05, 4.69) is 39.1 Å². The van der Waals surface area contributed by atoms with Crippen molar-refractivity contribution in [2.45, 2.75) is 26.7 Å². The molecule has 1 aromatic carbocycles. The SMILES string of the molecule is CC(C)CN1CCCC(C(=O)Nc2ncc3ccc(-c4cnn(C)c4)cc3n2)C1. The van der Waals surface area contributed by atoms with Crippen molar-refractivity contribution in [1.82, 2.24) is 24.6 Å². The maximum atomic E-state index is 12.8. The summed E-state index contributed by atoms with van der Waals surface area (Å²) in [5.41, 5.74) is 2.88. The number of anilines is 1. The zero-order chi connectivity index (χ0) is 20.4. The van der Waals surface area contributed by atoms with Gasteiger partial charge in [-0.05, 0) is 36.9 Å². The number of benzene rings is 1. The summed E-state index contributed by atoms with van der Waals surface area (Å²) in [5.74, 6) is 0.978. The molecular formula is C22H28N6O. The lowest BCUT2D eigenvalue weighted by Crippen LogP contribution is -2.42. The Hall–Kier alpha value is -2.80. The van der Waals surface area contributed by atoms with Crippen molar-refractivity contribution in [2.75, 3.05) is 25.0 Å². The van der Waals surface area contributed by atoms with Gasteiger partial charge in [-0.3, -0.25) is 14.8 Å². The molecular weight excluding hydrogens is 364 g/mol. The van der Waals surface area contributed by atoms with Gasteiger partial charge in [-0.2, -0.15) is 5.10 Å². The van der Waals surface area contributed by atoms with E-state index in [1.165, 1.54) is 0 Å². The lowest BCUT2D eigenvalue weighted by molar-refractivity contribution is -0.121. The summed E-state index contributed by atoms with van der Waals surface area (Å²) >= 11 is 0. The van der Waals surface area contributed by atoms with E-state index in [-0.39, 0.29) is 11.8 Å². The van der Waals surface area contributed by atoms with Crippen LogP contribution in [-0.4, -0.2) is 50.2 Å². The molecule has 7 nitrogen and oxygen atoms in total.